The van der Waals surface area contributed by atoms with Crippen LogP contribution in [0.5, 0.6) is 17.4 Å². The van der Waals surface area contributed by atoms with Gasteiger partial charge in [-0.05, 0) is 43.3 Å². The molecule has 2 aromatic heterocycles. The minimum Gasteiger partial charge on any atom is -0.493 e. The Hall–Kier alpha value is -4.14. The van der Waals surface area contributed by atoms with Gasteiger partial charge < -0.3 is 19.5 Å². The van der Waals surface area contributed by atoms with Crippen LogP contribution in [0.15, 0.2) is 54.6 Å². The Morgan fingerprint density at radius 1 is 0.969 bits per heavy atom. The van der Waals surface area contributed by atoms with Gasteiger partial charge in [-0.15, -0.1) is 15.3 Å². The number of aryl methyl sites for hydroxylation is 1. The molecule has 0 radical (unpaired) electrons. The zero-order valence-corrected chi connectivity index (χ0v) is 18.0. The highest BCUT2D eigenvalue weighted by Crippen LogP contribution is 2.31. The van der Waals surface area contributed by atoms with Crippen LogP contribution in [0.25, 0.3) is 17.0 Å². The molecule has 4 rings (SSSR count). The van der Waals surface area contributed by atoms with Crippen LogP contribution in [0, 0.1) is 6.92 Å². The lowest BCUT2D eigenvalue weighted by Crippen LogP contribution is -2.28. The number of benzene rings is 2. The largest absolute Gasteiger partial charge is 0.493 e. The minimum atomic E-state index is -0.147. The number of methoxy groups -OCH3 is 2. The Labute approximate surface area is 185 Å². The van der Waals surface area contributed by atoms with E-state index in [9.17, 15) is 4.79 Å². The first-order valence-corrected chi connectivity index (χ1v) is 10.0. The molecule has 0 bridgehead atoms. The van der Waals surface area contributed by atoms with Crippen LogP contribution < -0.4 is 19.5 Å². The number of fused-ring (bicyclic) bond motifs is 1. The number of hydrogen-bond donors (Lipinski definition) is 1. The van der Waals surface area contributed by atoms with Gasteiger partial charge in [0.05, 0.1) is 20.8 Å². The number of amides is 1. The third-order valence-electron chi connectivity index (χ3n) is 4.83. The molecule has 0 unspecified atom stereocenters. The summed E-state index contributed by atoms with van der Waals surface area (Å²) in [5, 5.41) is 15.7. The lowest BCUT2D eigenvalue weighted by molar-refractivity contribution is 0.0946. The average molecular weight is 433 g/mol. The molecule has 0 aliphatic rings. The van der Waals surface area contributed by atoms with Gasteiger partial charge in [-0.3, -0.25) is 4.79 Å². The monoisotopic (exact) mass is 433 g/mol. The molecule has 0 spiro atoms. The summed E-state index contributed by atoms with van der Waals surface area (Å²) < 4.78 is 18.0. The zero-order valence-electron chi connectivity index (χ0n) is 18.0. The summed E-state index contributed by atoms with van der Waals surface area (Å²) in [6.07, 6.45) is 0. The van der Waals surface area contributed by atoms with Crippen LogP contribution >= 0.6 is 0 Å². The molecular formula is C23H23N5O4. The van der Waals surface area contributed by atoms with E-state index in [1.54, 1.807) is 49.1 Å². The standard InChI is InChI=1S/C23H23N5O4/c1-15-4-6-16(7-5-15)23(29)24-12-13-32-21-11-10-20-25-26-22(28(20)27-21)17-8-9-18(30-2)19(14-17)31-3/h4-11,14H,12-13H2,1-3H3,(H,24,29). The number of carbonyl (C=O) groups is 1. The van der Waals surface area contributed by atoms with Crippen molar-refractivity contribution in [2.24, 2.45) is 0 Å². The third kappa shape index (κ3) is 4.46. The fourth-order valence-corrected chi connectivity index (χ4v) is 3.13. The molecule has 9 nitrogen and oxygen atoms in total. The average Bonchev–Trinajstić information content (AvgIpc) is 3.25. The van der Waals surface area contributed by atoms with E-state index >= 15 is 0 Å². The van der Waals surface area contributed by atoms with Crippen molar-refractivity contribution < 1.29 is 19.0 Å². The molecule has 0 aliphatic carbocycles. The van der Waals surface area contributed by atoms with E-state index in [0.717, 1.165) is 11.1 Å². The number of carbonyl (C=O) groups excluding carboxylic acids is 1. The third-order valence-corrected chi connectivity index (χ3v) is 4.83. The molecule has 32 heavy (non-hydrogen) atoms. The van der Waals surface area contributed by atoms with E-state index in [1.165, 1.54) is 0 Å². The lowest BCUT2D eigenvalue weighted by atomic mass is 10.1. The van der Waals surface area contributed by atoms with Gasteiger partial charge in [-0.25, -0.2) is 0 Å². The Kier molecular flexibility index (Phi) is 6.16. The van der Waals surface area contributed by atoms with Crippen molar-refractivity contribution in [2.75, 3.05) is 27.4 Å². The predicted molar refractivity (Wildman–Crippen MR) is 118 cm³/mol. The number of ether oxygens (including phenoxy) is 3. The van der Waals surface area contributed by atoms with E-state index in [2.05, 4.69) is 20.6 Å². The zero-order chi connectivity index (χ0) is 22.5. The normalized spacial score (nSPS) is 10.7. The maximum Gasteiger partial charge on any atom is 0.251 e. The molecule has 164 valence electrons. The van der Waals surface area contributed by atoms with Gasteiger partial charge >= 0.3 is 0 Å². The summed E-state index contributed by atoms with van der Waals surface area (Å²) in [5.74, 6) is 1.99. The number of rotatable bonds is 8. The molecule has 1 amide bonds. The lowest BCUT2D eigenvalue weighted by Gasteiger charge is -2.09. The summed E-state index contributed by atoms with van der Waals surface area (Å²) in [4.78, 5) is 12.2. The second kappa shape index (κ2) is 9.34. The van der Waals surface area contributed by atoms with Gasteiger partial charge in [0.2, 0.25) is 5.88 Å². The molecule has 0 aliphatic heterocycles. The van der Waals surface area contributed by atoms with Crippen molar-refractivity contribution >= 4 is 11.6 Å². The summed E-state index contributed by atoms with van der Waals surface area (Å²) in [7, 11) is 3.16. The summed E-state index contributed by atoms with van der Waals surface area (Å²) >= 11 is 0. The van der Waals surface area contributed by atoms with Crippen molar-refractivity contribution in [3.8, 4) is 28.8 Å². The predicted octanol–water partition coefficient (Wildman–Crippen LogP) is 2.93. The maximum absolute atomic E-state index is 12.2. The van der Waals surface area contributed by atoms with Crippen LogP contribution in [0.1, 0.15) is 15.9 Å². The molecule has 2 heterocycles. The van der Waals surface area contributed by atoms with Gasteiger partial charge in [0, 0.05) is 17.2 Å². The van der Waals surface area contributed by atoms with Crippen LogP contribution in [-0.2, 0) is 0 Å². The van der Waals surface area contributed by atoms with Gasteiger partial charge in [0.25, 0.3) is 5.91 Å². The van der Waals surface area contributed by atoms with E-state index in [0.29, 0.717) is 41.0 Å². The van der Waals surface area contributed by atoms with Gasteiger partial charge in [0.1, 0.15) is 6.61 Å². The van der Waals surface area contributed by atoms with Crippen molar-refractivity contribution in [1.82, 2.24) is 25.1 Å². The second-order valence-corrected chi connectivity index (χ2v) is 7.01. The molecule has 0 fully saturated rings. The fourth-order valence-electron chi connectivity index (χ4n) is 3.13. The second-order valence-electron chi connectivity index (χ2n) is 7.01. The Bertz CT molecular complexity index is 1240. The van der Waals surface area contributed by atoms with Crippen LogP contribution in [0.4, 0.5) is 0 Å². The van der Waals surface area contributed by atoms with E-state index in [-0.39, 0.29) is 12.5 Å². The topological polar surface area (TPSA) is 99.9 Å². The molecule has 4 aromatic rings. The molecular weight excluding hydrogens is 410 g/mol. The highest BCUT2D eigenvalue weighted by atomic mass is 16.5. The maximum atomic E-state index is 12.2. The van der Waals surface area contributed by atoms with Crippen molar-refractivity contribution in [1.29, 1.82) is 0 Å². The first-order valence-electron chi connectivity index (χ1n) is 10.0. The van der Waals surface area contributed by atoms with Crippen LogP contribution in [0.2, 0.25) is 0 Å². The fraction of sp³-hybridized carbons (Fsp3) is 0.217. The Morgan fingerprint density at radius 3 is 2.50 bits per heavy atom. The number of nitrogens with one attached hydrogen (secondary N) is 1. The molecule has 1 N–H and O–H groups in total. The Morgan fingerprint density at radius 2 is 1.75 bits per heavy atom. The summed E-state index contributed by atoms with van der Waals surface area (Å²) in [5.41, 5.74) is 3.06. The van der Waals surface area contributed by atoms with E-state index in [4.69, 9.17) is 14.2 Å². The molecule has 0 saturated carbocycles. The molecule has 0 saturated heterocycles. The highest BCUT2D eigenvalue weighted by molar-refractivity contribution is 5.94. The van der Waals surface area contributed by atoms with Crippen molar-refractivity contribution in [2.45, 2.75) is 6.92 Å². The smallest absolute Gasteiger partial charge is 0.251 e. The summed E-state index contributed by atoms with van der Waals surface area (Å²) in [6, 6.07) is 16.3. The first kappa shape index (κ1) is 21.1. The van der Waals surface area contributed by atoms with Gasteiger partial charge in [-0.2, -0.15) is 4.52 Å². The van der Waals surface area contributed by atoms with Crippen LogP contribution in [-0.4, -0.2) is 53.1 Å². The van der Waals surface area contributed by atoms with E-state index < -0.39 is 0 Å². The number of aromatic nitrogens is 4. The van der Waals surface area contributed by atoms with E-state index in [1.807, 2.05) is 31.2 Å². The minimum absolute atomic E-state index is 0.147. The molecule has 2 aromatic carbocycles. The van der Waals surface area contributed by atoms with Crippen LogP contribution in [0.3, 0.4) is 0 Å². The molecule has 9 heteroatoms. The van der Waals surface area contributed by atoms with Crippen molar-refractivity contribution in [3.05, 3.63) is 65.7 Å². The molecule has 0 atom stereocenters. The highest BCUT2D eigenvalue weighted by Gasteiger charge is 2.14. The number of nitrogens with zero attached hydrogens (tertiary/aromatic N) is 4. The van der Waals surface area contributed by atoms with Crippen molar-refractivity contribution in [3.63, 3.8) is 0 Å². The number of hydrogen-bond acceptors (Lipinski definition) is 7. The summed E-state index contributed by atoms with van der Waals surface area (Å²) in [6.45, 7) is 2.59. The quantitative estimate of drug-likeness (QED) is 0.427. The Balaban J connectivity index is 1.43. The van der Waals surface area contributed by atoms with Gasteiger partial charge in [0.15, 0.2) is 23.0 Å². The first-order chi connectivity index (χ1) is 15.6. The van der Waals surface area contributed by atoms with Gasteiger partial charge in [-0.1, -0.05) is 17.7 Å². The SMILES string of the molecule is COc1ccc(-c2nnc3ccc(OCCNC(=O)c4ccc(C)cc4)nn23)cc1OC.